The van der Waals surface area contributed by atoms with Gasteiger partial charge in [0.15, 0.2) is 11.5 Å². The van der Waals surface area contributed by atoms with Crippen molar-refractivity contribution < 1.29 is 22.5 Å². The minimum atomic E-state index is -2.81. The largest absolute Gasteiger partial charge is 0.493 e. The van der Waals surface area contributed by atoms with Gasteiger partial charge in [-0.05, 0) is 36.1 Å². The lowest BCUT2D eigenvalue weighted by atomic mass is 10.0. The second-order valence-corrected chi connectivity index (χ2v) is 5.40. The Hall–Kier alpha value is -2.31. The summed E-state index contributed by atoms with van der Waals surface area (Å²) >= 11 is 0. The molecule has 7 heteroatoms. The van der Waals surface area contributed by atoms with Crippen LogP contribution in [0.5, 0.6) is 11.5 Å². The molecule has 1 aromatic carbocycles. The maximum absolute atomic E-state index is 12.6. The van der Waals surface area contributed by atoms with E-state index in [0.717, 1.165) is 0 Å². The highest BCUT2D eigenvalue weighted by molar-refractivity contribution is 5.80. The van der Waals surface area contributed by atoms with Crippen molar-refractivity contribution in [2.45, 2.75) is 19.3 Å². The summed E-state index contributed by atoms with van der Waals surface area (Å²) in [6, 6.07) is 2.78. The van der Waals surface area contributed by atoms with Crippen LogP contribution in [0, 0.1) is 4.91 Å². The fraction of sp³-hybridized carbons (Fsp3) is 0.562. The summed E-state index contributed by atoms with van der Waals surface area (Å²) in [4.78, 5) is 24.6. The zero-order valence-electron chi connectivity index (χ0n) is 18.9. The quantitative estimate of drug-likeness (QED) is 0.562. The number of hydrogen-bond acceptors (Lipinski definition) is 5. The van der Waals surface area contributed by atoms with Gasteiger partial charge in [-0.25, -0.2) is 0 Å². The number of fused-ring (bicyclic) bond motifs is 1. The van der Waals surface area contributed by atoms with Crippen LogP contribution < -0.4 is 9.47 Å². The Bertz CT molecular complexity index is 753. The molecule has 0 fully saturated rings. The molecule has 0 aromatic heterocycles. The normalized spacial score (nSPS) is 19.0. The number of carbonyl (C=O) groups excluding carboxylic acids is 1. The third-order valence-corrected chi connectivity index (χ3v) is 3.88. The van der Waals surface area contributed by atoms with E-state index in [9.17, 15) is 9.70 Å². The number of hydrogen-bond donors (Lipinski definition) is 0. The number of methoxy groups -OCH3 is 2. The molecule has 2 rings (SSSR count). The summed E-state index contributed by atoms with van der Waals surface area (Å²) in [5, 5.41) is 4.02. The zero-order chi connectivity index (χ0) is 21.8. The van der Waals surface area contributed by atoms with Crippen LogP contribution in [0.15, 0.2) is 17.4 Å². The Morgan fingerprint density at radius 3 is 2.65 bits per heavy atom. The molecule has 0 atom stereocenters. The summed E-state index contributed by atoms with van der Waals surface area (Å²) in [7, 11) is -4.04. The van der Waals surface area contributed by atoms with E-state index in [0.29, 0.717) is 43.6 Å². The second kappa shape index (κ2) is 7.80. The highest BCUT2D eigenvalue weighted by Gasteiger charge is 2.22. The van der Waals surface area contributed by atoms with Gasteiger partial charge in [0.2, 0.25) is 5.91 Å². The van der Waals surface area contributed by atoms with E-state index in [2.05, 4.69) is 5.29 Å². The molecule has 126 valence electrons. The molecule has 1 aliphatic rings. The van der Waals surface area contributed by atoms with Crippen molar-refractivity contribution in [3.8, 4) is 11.5 Å². The molecular formula is C16H23N3O4. The highest BCUT2D eigenvalue weighted by Crippen LogP contribution is 2.32. The molecular weight excluding hydrogens is 298 g/mol. The van der Waals surface area contributed by atoms with Crippen molar-refractivity contribution in [3.05, 3.63) is 28.2 Å². The zero-order valence-corrected chi connectivity index (χ0v) is 12.9. The Labute approximate surface area is 144 Å². The Kier molecular flexibility index (Phi) is 3.55. The number of nitrogens with zero attached hydrogens (tertiary/aromatic N) is 3. The molecule has 0 bridgehead atoms. The van der Waals surface area contributed by atoms with E-state index in [1.807, 2.05) is 0 Å². The number of nitroso groups, excluding NO2 is 1. The molecule has 7 nitrogen and oxygen atoms in total. The first kappa shape index (κ1) is 10.5. The summed E-state index contributed by atoms with van der Waals surface area (Å²) < 4.78 is 53.6. The van der Waals surface area contributed by atoms with Crippen LogP contribution in [0.2, 0.25) is 0 Å². The van der Waals surface area contributed by atoms with Gasteiger partial charge in [0.1, 0.15) is 0 Å². The number of ether oxygens (including phenoxy) is 2. The van der Waals surface area contributed by atoms with Gasteiger partial charge >= 0.3 is 0 Å². The van der Waals surface area contributed by atoms with Crippen molar-refractivity contribution in [3.63, 3.8) is 0 Å². The summed E-state index contributed by atoms with van der Waals surface area (Å²) in [6.45, 7) is 1.24. The first-order valence-corrected chi connectivity index (χ1v) is 7.24. The third-order valence-electron chi connectivity index (χ3n) is 3.88. The van der Waals surface area contributed by atoms with E-state index in [1.165, 1.54) is 17.1 Å². The monoisotopic (exact) mass is 327 g/mol. The van der Waals surface area contributed by atoms with Crippen molar-refractivity contribution in [1.82, 2.24) is 9.91 Å². The van der Waals surface area contributed by atoms with Crippen LogP contribution in [0.4, 0.5) is 0 Å². The molecule has 0 aliphatic carbocycles. The minimum absolute atomic E-state index is 0.0164. The van der Waals surface area contributed by atoms with E-state index in [-0.39, 0.29) is 23.8 Å². The molecule has 1 aliphatic heterocycles. The second-order valence-electron chi connectivity index (χ2n) is 5.40. The molecule has 0 saturated carbocycles. The van der Waals surface area contributed by atoms with Crippen molar-refractivity contribution >= 4 is 5.91 Å². The van der Waals surface area contributed by atoms with Gasteiger partial charge in [-0.1, -0.05) is 0 Å². The van der Waals surface area contributed by atoms with Gasteiger partial charge in [0, 0.05) is 26.7 Å². The first-order chi connectivity index (χ1) is 13.4. The van der Waals surface area contributed by atoms with Crippen LogP contribution in [-0.4, -0.2) is 56.6 Å². The lowest BCUT2D eigenvalue weighted by Crippen LogP contribution is -2.34. The molecule has 1 aromatic rings. The Morgan fingerprint density at radius 1 is 1.30 bits per heavy atom. The van der Waals surface area contributed by atoms with E-state index in [1.54, 1.807) is 11.9 Å². The van der Waals surface area contributed by atoms with Crippen molar-refractivity contribution in [1.29, 1.82) is 0 Å². The first-order valence-electron chi connectivity index (χ1n) is 10.2. The van der Waals surface area contributed by atoms with Gasteiger partial charge in [0.25, 0.3) is 0 Å². The van der Waals surface area contributed by atoms with Gasteiger partial charge in [-0.3, -0.25) is 9.80 Å². The van der Waals surface area contributed by atoms with Gasteiger partial charge in [-0.2, -0.15) is 0 Å². The van der Waals surface area contributed by atoms with Crippen LogP contribution >= 0.6 is 0 Å². The van der Waals surface area contributed by atoms with Gasteiger partial charge in [0.05, 0.1) is 34.0 Å². The molecule has 0 radical (unpaired) electrons. The average Bonchev–Trinajstić information content (AvgIpc) is 2.71. The highest BCUT2D eigenvalue weighted by atomic mass is 16.5. The van der Waals surface area contributed by atoms with Crippen molar-refractivity contribution in [2.24, 2.45) is 5.29 Å². The Balaban J connectivity index is 2.23. The molecule has 23 heavy (non-hydrogen) atoms. The fourth-order valence-corrected chi connectivity index (χ4v) is 2.62. The number of benzene rings is 1. The molecule has 1 heterocycles. The van der Waals surface area contributed by atoms with Crippen LogP contribution in [0.3, 0.4) is 0 Å². The maximum atomic E-state index is 12.6. The minimum Gasteiger partial charge on any atom is -0.493 e. The van der Waals surface area contributed by atoms with E-state index in [4.69, 9.17) is 17.7 Å². The summed E-state index contributed by atoms with van der Waals surface area (Å²) in [5.74, 6) is -0.617. The molecule has 0 N–H and O–H groups in total. The van der Waals surface area contributed by atoms with Crippen LogP contribution in [0.25, 0.3) is 0 Å². The molecule has 1 amide bonds. The smallest absolute Gasteiger partial charge is 0.227 e. The van der Waals surface area contributed by atoms with E-state index < -0.39 is 14.1 Å². The predicted molar refractivity (Wildman–Crippen MR) is 86.6 cm³/mol. The Morgan fingerprint density at radius 2 is 2.00 bits per heavy atom. The molecule has 0 saturated heterocycles. The standard InChI is InChI=1S/C16H23N3O4/c1-18(17-21)6-4-7-19-8-5-12-9-14(22-2)15(23-3)10-13(12)11-16(19)20/h9-10H,4-8,11H2,1-3H3/i2D3,3D3. The van der Waals surface area contributed by atoms with Crippen molar-refractivity contribution in [2.75, 3.05) is 40.8 Å². The number of carbonyl (C=O) groups is 1. The van der Waals surface area contributed by atoms with Crippen LogP contribution in [-0.2, 0) is 17.6 Å². The topological polar surface area (TPSA) is 71.4 Å². The maximum Gasteiger partial charge on any atom is 0.227 e. The average molecular weight is 327 g/mol. The number of rotatable bonds is 7. The SMILES string of the molecule is [2H]C([2H])([2H])Oc1cc2c(cc1OC([2H])([2H])[2H])CC(=O)N(CCCN(C)N=O)CC2. The van der Waals surface area contributed by atoms with Gasteiger partial charge in [-0.15, -0.1) is 4.91 Å². The number of amides is 1. The summed E-state index contributed by atoms with van der Waals surface area (Å²) in [5.41, 5.74) is 1.24. The lowest BCUT2D eigenvalue weighted by molar-refractivity contribution is -0.130. The lowest BCUT2D eigenvalue weighted by Gasteiger charge is -2.21. The van der Waals surface area contributed by atoms with Crippen LogP contribution in [0.1, 0.15) is 25.8 Å². The predicted octanol–water partition coefficient (Wildman–Crippen LogP) is 1.63. The third kappa shape index (κ3) is 4.12. The fourth-order valence-electron chi connectivity index (χ4n) is 2.62. The molecule has 0 spiro atoms. The van der Waals surface area contributed by atoms with Gasteiger partial charge < -0.3 is 14.4 Å². The summed E-state index contributed by atoms with van der Waals surface area (Å²) in [6.07, 6.45) is 1.02. The van der Waals surface area contributed by atoms with E-state index >= 15 is 0 Å². The molecule has 0 unspecified atom stereocenters.